The molecule has 0 saturated heterocycles. The number of aryl methyl sites for hydroxylation is 2. The Hall–Kier alpha value is -7.82. The molecular weight excluding hydrogens is 1830 g/mol. The summed E-state index contributed by atoms with van der Waals surface area (Å²) in [6, 6.07) is 0. The molecule has 0 aliphatic rings. The summed E-state index contributed by atoms with van der Waals surface area (Å²) >= 11 is 0. The number of methoxy groups -OCH3 is 7. The van der Waals surface area contributed by atoms with Crippen molar-refractivity contribution in [3.63, 3.8) is 0 Å². The second-order valence-electron chi connectivity index (χ2n) is 27.4. The lowest BCUT2D eigenvalue weighted by Crippen LogP contribution is -2.13. The average Bonchev–Trinajstić information content (AvgIpc) is 1.84. The lowest BCUT2D eigenvalue weighted by molar-refractivity contribution is -0.255. The summed E-state index contributed by atoms with van der Waals surface area (Å²) in [6.45, 7) is 48.4. The van der Waals surface area contributed by atoms with Crippen molar-refractivity contribution in [3.8, 4) is 0 Å². The molecule has 49 nitrogen and oxygen atoms in total. The van der Waals surface area contributed by atoms with Gasteiger partial charge in [0.15, 0.2) is 0 Å². The van der Waals surface area contributed by atoms with Crippen molar-refractivity contribution in [1.29, 1.82) is 0 Å². The van der Waals surface area contributed by atoms with Gasteiger partial charge >= 0.3 is 0 Å². The molecule has 6 heterocycles. The van der Waals surface area contributed by atoms with Crippen LogP contribution in [0, 0.1) is 0 Å². The predicted octanol–water partition coefficient (Wildman–Crippen LogP) is 5.41. The van der Waals surface area contributed by atoms with Gasteiger partial charge in [-0.3, -0.25) is 9.36 Å². The van der Waals surface area contributed by atoms with Crippen LogP contribution in [-0.4, -0.2) is 444 Å². The molecule has 6 rings (SSSR count). The van der Waals surface area contributed by atoms with Crippen LogP contribution in [0.3, 0.4) is 0 Å². The smallest absolute Gasteiger partial charge is 0.125 e. The maximum absolute atomic E-state index is 5.52. The number of rotatable bonds is 92. The van der Waals surface area contributed by atoms with Crippen molar-refractivity contribution in [2.24, 2.45) is 0 Å². The number of aromatic nitrogens is 18. The molecule has 0 aliphatic carbocycles. The minimum absolute atomic E-state index is 0.363. The fourth-order valence-corrected chi connectivity index (χ4v) is 9.37. The highest BCUT2D eigenvalue weighted by atomic mass is 17.2. The molecule has 6 aromatic rings. The molecule has 139 heavy (non-hydrogen) atoms. The van der Waals surface area contributed by atoms with Gasteiger partial charge in [0, 0.05) is 69.1 Å². The van der Waals surface area contributed by atoms with Gasteiger partial charge in [-0.15, -0.1) is 49.5 Å². The van der Waals surface area contributed by atoms with Gasteiger partial charge in [0.1, 0.15) is 47.0 Å². The first-order valence-corrected chi connectivity index (χ1v) is 46.6. The summed E-state index contributed by atoms with van der Waals surface area (Å²) in [5.74, 6) is 0. The standard InChI is InChI=1S/C19H37N3O8.C17H31N3O7.C14H27N3O4.C14H23N3O4.C12H23N3O4.C12H21N3O4.C2H4/c1-23-5-7-26-11-13-28-10-9-25-4-3-22-17-19(20-21-22)18-30-16-15-29-14-12-27-8-6-24-2;1-3-5-26-27-14-13-22-6-4-20-15-17(18-19-20)16-25-12-11-24-10-9-23-8-7-21-2;2*1-3-4-5-17-12-14(15-16-17)13-21-11-10-20-9-8-19-7-6-18-2;2*1-3-15-10-12(13-14-15)11-19-9-8-18-7-6-17-5-4-16-2;1-2/h17H,3-16,18H2,1-2H3;3,5,15H,4,6-14,16H2,1-2H3;12H,3-11,13H2,1-2H3;3,5,12H,6-11,13H2,1-2H3;10H,3-9,11H2,1-2H3;3,10H,1,4-9,11H2,2H3;1-2H2/b;5-3-;;;;;. The fraction of sp³-hybridized carbons (Fsp3) is 0.767. The molecule has 6 aromatic heterocycles. The highest BCUT2D eigenvalue weighted by Gasteiger charge is 2.09. The molecule has 0 atom stereocenters. The summed E-state index contributed by atoms with van der Waals surface area (Å²) in [7, 11) is 11.5. The van der Waals surface area contributed by atoms with Crippen molar-refractivity contribution in [2.75, 3.05) is 354 Å². The molecule has 0 spiro atoms. The summed E-state index contributed by atoms with van der Waals surface area (Å²) in [5.41, 5.74) is 7.68. The Bertz CT molecular complexity index is 3550. The number of nitrogens with zero attached hydrogens (tertiary/aromatic N) is 18. The quantitative estimate of drug-likeness (QED) is 0.0115. The predicted molar refractivity (Wildman–Crippen MR) is 509 cm³/mol. The lowest BCUT2D eigenvalue weighted by atomic mass is 10.3. The first-order valence-electron chi connectivity index (χ1n) is 46.6. The third-order valence-electron chi connectivity index (χ3n) is 16.3. The van der Waals surface area contributed by atoms with E-state index < -0.39 is 0 Å². The van der Waals surface area contributed by atoms with Crippen LogP contribution >= 0.6 is 0 Å². The lowest BCUT2D eigenvalue weighted by Gasteiger charge is -2.06. The van der Waals surface area contributed by atoms with Gasteiger partial charge in [0.05, 0.1) is 393 Å². The van der Waals surface area contributed by atoms with Gasteiger partial charge in [-0.05, 0) is 39.3 Å². The van der Waals surface area contributed by atoms with Crippen LogP contribution in [0.1, 0.15) is 74.7 Å². The molecule has 0 saturated carbocycles. The normalized spacial score (nSPS) is 11.0. The number of allylic oxidation sites excluding steroid dienone is 2. The van der Waals surface area contributed by atoms with Crippen LogP contribution in [0.15, 0.2) is 81.1 Å². The Morgan fingerprint density at radius 3 is 0.734 bits per heavy atom. The maximum atomic E-state index is 5.52. The van der Waals surface area contributed by atoms with Gasteiger partial charge in [-0.2, -0.15) is 4.89 Å². The number of unbranched alkanes of at least 4 members (excludes halogenated alkanes) is 1. The van der Waals surface area contributed by atoms with E-state index in [-0.39, 0.29) is 0 Å². The summed E-state index contributed by atoms with van der Waals surface area (Å²) in [4.78, 5) is 9.56. The summed E-state index contributed by atoms with van der Waals surface area (Å²) in [6.07, 6.45) is 21.6. The number of hydrogen-bond donors (Lipinski definition) is 0. The first kappa shape index (κ1) is 131. The third kappa shape index (κ3) is 91.2. The van der Waals surface area contributed by atoms with Crippen LogP contribution in [0.2, 0.25) is 0 Å². The molecule has 0 fully saturated rings. The van der Waals surface area contributed by atoms with Crippen LogP contribution in [0.5, 0.6) is 0 Å². The van der Waals surface area contributed by atoms with E-state index >= 15 is 0 Å². The molecule has 0 aromatic carbocycles. The van der Waals surface area contributed by atoms with E-state index in [4.69, 9.17) is 147 Å². The third-order valence-corrected chi connectivity index (χ3v) is 16.3. The van der Waals surface area contributed by atoms with Crippen LogP contribution in [0.25, 0.3) is 12.4 Å². The van der Waals surface area contributed by atoms with E-state index in [1.165, 1.54) is 10.9 Å². The molecule has 0 unspecified atom stereocenters. The van der Waals surface area contributed by atoms with Gasteiger partial charge < -0.3 is 142 Å². The second kappa shape index (κ2) is 109. The van der Waals surface area contributed by atoms with Crippen molar-refractivity contribution >= 4 is 12.4 Å². The Balaban J connectivity index is 0.00000165. The minimum Gasteiger partial charge on any atom is -0.382 e. The maximum Gasteiger partial charge on any atom is 0.125 e. The van der Waals surface area contributed by atoms with Crippen molar-refractivity contribution in [1.82, 2.24) is 90.0 Å². The van der Waals surface area contributed by atoms with Crippen molar-refractivity contribution in [3.05, 3.63) is 115 Å². The molecule has 802 valence electrons. The molecule has 0 bridgehead atoms. The monoisotopic (exact) mass is 2000 g/mol. The zero-order valence-electron chi connectivity index (χ0n) is 84.7. The molecule has 0 amide bonds. The van der Waals surface area contributed by atoms with Crippen LogP contribution in [0.4, 0.5) is 0 Å². The van der Waals surface area contributed by atoms with Gasteiger partial charge in [-0.1, -0.05) is 51.2 Å². The first-order chi connectivity index (χ1) is 68.7. The Morgan fingerprint density at radius 2 is 0.489 bits per heavy atom. The van der Waals surface area contributed by atoms with Crippen molar-refractivity contribution in [2.45, 2.75) is 106 Å². The molecule has 0 N–H and O–H groups in total. The Morgan fingerprint density at radius 1 is 0.266 bits per heavy atom. The van der Waals surface area contributed by atoms with E-state index in [1.54, 1.807) is 105 Å². The highest BCUT2D eigenvalue weighted by molar-refractivity contribution is 5.18. The highest BCUT2D eigenvalue weighted by Crippen LogP contribution is 2.05. The SMILES string of the molecule is C/C=C\OOCCOCCn1cc(COCCOCCOCCOC)nn1.C=C.C=Cn1cc(COCCOCCOCCOC)nn1.CC=C=Cn1cc(COCCOCCOCCOC)nn1.CCCCn1cc(COCCOCCOCCOC)nn1.CCn1cc(COCCOCCOCCOC)nn1.COCCOCCOCCOCCn1cc(COCCOCCOCCOC)nn1. The van der Waals surface area contributed by atoms with Gasteiger partial charge in [0.25, 0.3) is 0 Å². The molecule has 0 aliphatic heterocycles. The van der Waals surface area contributed by atoms with E-state index in [2.05, 4.69) is 94.3 Å². The van der Waals surface area contributed by atoms with Gasteiger partial charge in [-0.25, -0.2) is 18.7 Å². The van der Waals surface area contributed by atoms with Gasteiger partial charge in [0.2, 0.25) is 0 Å². The Labute approximate surface area is 821 Å². The van der Waals surface area contributed by atoms with Crippen LogP contribution < -0.4 is 0 Å². The number of hydrogen-bond acceptors (Lipinski definition) is 43. The fourth-order valence-electron chi connectivity index (χ4n) is 9.37. The molecule has 0 radical (unpaired) electrons. The van der Waals surface area contributed by atoms with Crippen molar-refractivity contribution < 1.29 is 147 Å². The Kier molecular flexibility index (Phi) is 103. The second-order valence-corrected chi connectivity index (χ2v) is 27.4. The largest absolute Gasteiger partial charge is 0.382 e. The summed E-state index contributed by atoms with van der Waals surface area (Å²) in [5, 5.41) is 47.8. The zero-order valence-corrected chi connectivity index (χ0v) is 84.7. The van der Waals surface area contributed by atoms with E-state index in [0.717, 1.165) is 60.1 Å². The average molecular weight is 2000 g/mol. The number of ether oxygens (including phenoxy) is 29. The van der Waals surface area contributed by atoms with E-state index in [9.17, 15) is 0 Å². The van der Waals surface area contributed by atoms with Crippen LogP contribution in [-0.2, 0) is 213 Å². The molecular formula is C90H166N18O31. The summed E-state index contributed by atoms with van der Waals surface area (Å²) < 4.78 is 162. The van der Waals surface area contributed by atoms with E-state index in [1.807, 2.05) is 50.2 Å². The topological polar surface area (TPSA) is 470 Å². The molecule has 49 heteroatoms. The van der Waals surface area contributed by atoms with E-state index in [0.29, 0.717) is 357 Å². The minimum atomic E-state index is 0.363. The zero-order chi connectivity index (χ0) is 101.